The Hall–Kier alpha value is -3.84. The molecule has 0 aromatic carbocycles. The molecule has 6 unspecified atom stereocenters. The zero-order valence-electron chi connectivity index (χ0n) is 47.3. The van der Waals surface area contributed by atoms with Crippen molar-refractivity contribution in [1.82, 2.24) is 0 Å². The summed E-state index contributed by atoms with van der Waals surface area (Å²) < 4.78 is 28.4. The third kappa shape index (κ3) is 41.0. The highest BCUT2D eigenvalue weighted by atomic mass is 16.7. The molecule has 0 bridgehead atoms. The molecule has 0 amide bonds. The first-order valence-corrected chi connectivity index (χ1v) is 29.9. The summed E-state index contributed by atoms with van der Waals surface area (Å²) in [4.78, 5) is 51.1. The molecule has 0 radical (unpaired) electrons. The van der Waals surface area contributed by atoms with Gasteiger partial charge in [0.25, 0.3) is 0 Å². The van der Waals surface area contributed by atoms with E-state index in [4.69, 9.17) is 23.7 Å². The van der Waals surface area contributed by atoms with Gasteiger partial charge in [-0.3, -0.25) is 14.4 Å². The molecule has 3 N–H and O–H groups in total. The number of carboxylic acids is 1. The molecule has 1 aliphatic rings. The largest absolute Gasteiger partial charge is 0.479 e. The second-order valence-electron chi connectivity index (χ2n) is 20.2. The highest BCUT2D eigenvalue weighted by molar-refractivity contribution is 5.74. The summed E-state index contributed by atoms with van der Waals surface area (Å²) in [5.74, 6) is -3.16. The molecule has 75 heavy (non-hydrogen) atoms. The average Bonchev–Trinajstić information content (AvgIpc) is 3.39. The molecule has 1 aliphatic heterocycles. The summed E-state index contributed by atoms with van der Waals surface area (Å²) in [6, 6.07) is 0. The number of unbranched alkanes of at least 4 members (excludes halogenated alkanes) is 24. The lowest BCUT2D eigenvalue weighted by molar-refractivity contribution is -0.301. The van der Waals surface area contributed by atoms with Gasteiger partial charge in [-0.05, 0) is 103 Å². The van der Waals surface area contributed by atoms with Gasteiger partial charge in [-0.1, -0.05) is 203 Å². The van der Waals surface area contributed by atoms with Gasteiger partial charge < -0.3 is 39.0 Å². The molecule has 6 atom stereocenters. The van der Waals surface area contributed by atoms with E-state index < -0.39 is 67.3 Å². The highest BCUT2D eigenvalue weighted by Gasteiger charge is 2.50. The predicted molar refractivity (Wildman–Crippen MR) is 303 cm³/mol. The van der Waals surface area contributed by atoms with Gasteiger partial charge in [-0.2, -0.15) is 0 Å². The summed E-state index contributed by atoms with van der Waals surface area (Å²) in [5, 5.41) is 31.4. The summed E-state index contributed by atoms with van der Waals surface area (Å²) >= 11 is 0. The monoisotopic (exact) mass is 1050 g/mol. The summed E-state index contributed by atoms with van der Waals surface area (Å²) in [5.41, 5.74) is 0. The third-order valence-electron chi connectivity index (χ3n) is 13.2. The van der Waals surface area contributed by atoms with Crippen molar-refractivity contribution in [2.45, 2.75) is 289 Å². The number of ether oxygens (including phenoxy) is 5. The molecule has 1 heterocycles. The van der Waals surface area contributed by atoms with Gasteiger partial charge in [0.2, 0.25) is 0 Å². The minimum absolute atomic E-state index is 0.0459. The Balaban J connectivity index is 2.68. The highest BCUT2D eigenvalue weighted by Crippen LogP contribution is 2.26. The lowest BCUT2D eigenvalue weighted by Gasteiger charge is -2.40. The molecule has 1 fully saturated rings. The number of esters is 3. The maximum Gasteiger partial charge on any atom is 0.335 e. The molecule has 430 valence electrons. The number of aliphatic carboxylic acids is 1. The molecule has 1 rings (SSSR count). The van der Waals surface area contributed by atoms with Crippen molar-refractivity contribution in [1.29, 1.82) is 0 Å². The summed E-state index contributed by atoms with van der Waals surface area (Å²) in [6.07, 6.45) is 51.6. The molecule has 0 spiro atoms. The lowest BCUT2D eigenvalue weighted by Crippen LogP contribution is -2.61. The van der Waals surface area contributed by atoms with Gasteiger partial charge >= 0.3 is 23.9 Å². The van der Waals surface area contributed by atoms with Crippen molar-refractivity contribution in [3.63, 3.8) is 0 Å². The van der Waals surface area contributed by atoms with Crippen LogP contribution in [0.2, 0.25) is 0 Å². The van der Waals surface area contributed by atoms with Crippen LogP contribution in [0.1, 0.15) is 252 Å². The Labute approximate surface area is 455 Å². The fourth-order valence-corrected chi connectivity index (χ4v) is 8.63. The number of carbonyl (C=O) groups excluding carboxylic acids is 3. The van der Waals surface area contributed by atoms with Crippen molar-refractivity contribution in [2.24, 2.45) is 0 Å². The Bertz CT molecular complexity index is 1580. The Morgan fingerprint density at radius 3 is 1.33 bits per heavy atom. The molecule has 0 saturated carbocycles. The van der Waals surface area contributed by atoms with Crippen LogP contribution in [0, 0.1) is 0 Å². The average molecular weight is 1060 g/mol. The topological polar surface area (TPSA) is 175 Å². The van der Waals surface area contributed by atoms with Crippen molar-refractivity contribution >= 4 is 23.9 Å². The maximum atomic E-state index is 13.1. The SMILES string of the molecule is CC/C=C\C/C=C\C/C=C\CCCCCCCC(=O)OC(COC(=O)CCCCCCCCCCC/C=C\C/C=C\CCCCC)COC1OC(C(=O)O)C(O)C(O)C1OC(=O)CCCCCCC/C=C\CCCC. The fraction of sp³-hybridized carbons (Fsp3) is 0.746. The van der Waals surface area contributed by atoms with Crippen molar-refractivity contribution in [3.8, 4) is 0 Å². The van der Waals surface area contributed by atoms with Crippen LogP contribution in [0.25, 0.3) is 0 Å². The number of aliphatic hydroxyl groups is 2. The first kappa shape index (κ1) is 69.2. The van der Waals surface area contributed by atoms with Crippen LogP contribution < -0.4 is 0 Å². The molecule has 12 heteroatoms. The Morgan fingerprint density at radius 2 is 0.853 bits per heavy atom. The number of rotatable bonds is 50. The minimum atomic E-state index is -1.91. The minimum Gasteiger partial charge on any atom is -0.479 e. The van der Waals surface area contributed by atoms with Crippen LogP contribution in [-0.4, -0.2) is 89.2 Å². The number of allylic oxidation sites excluding steroid dienone is 12. The zero-order chi connectivity index (χ0) is 54.7. The fourth-order valence-electron chi connectivity index (χ4n) is 8.63. The van der Waals surface area contributed by atoms with E-state index >= 15 is 0 Å². The molecule has 0 aromatic heterocycles. The number of carbonyl (C=O) groups is 4. The van der Waals surface area contributed by atoms with Crippen molar-refractivity contribution < 1.29 is 58.2 Å². The molecule has 0 aliphatic carbocycles. The molecular weight excluding hydrogens is 949 g/mol. The quantitative estimate of drug-likeness (QED) is 0.0228. The predicted octanol–water partition coefficient (Wildman–Crippen LogP) is 15.3. The van der Waals surface area contributed by atoms with Gasteiger partial charge in [0.1, 0.15) is 18.8 Å². The summed E-state index contributed by atoms with van der Waals surface area (Å²) in [7, 11) is 0. The zero-order valence-corrected chi connectivity index (χ0v) is 47.3. The van der Waals surface area contributed by atoms with E-state index in [1.165, 1.54) is 70.6 Å². The number of aliphatic hydroxyl groups excluding tert-OH is 2. The lowest BCUT2D eigenvalue weighted by atomic mass is 9.98. The maximum absolute atomic E-state index is 13.1. The Morgan fingerprint density at radius 1 is 0.453 bits per heavy atom. The van der Waals surface area contributed by atoms with Crippen LogP contribution >= 0.6 is 0 Å². The van der Waals surface area contributed by atoms with Gasteiger partial charge in [0.05, 0.1) is 6.61 Å². The van der Waals surface area contributed by atoms with E-state index in [0.717, 1.165) is 122 Å². The van der Waals surface area contributed by atoms with Gasteiger partial charge in [0.15, 0.2) is 24.6 Å². The van der Waals surface area contributed by atoms with Crippen LogP contribution in [0.15, 0.2) is 72.9 Å². The van der Waals surface area contributed by atoms with E-state index in [2.05, 4.69) is 93.7 Å². The standard InChI is InChI=1S/C63H106O12/c1-4-7-10-13-16-19-22-24-26-27-28-29-31-32-35-37-40-43-46-49-55(64)71-52-54(73-56(65)50-47-44-41-39-36-33-30-25-23-20-17-14-11-8-5-2)53-72-63-61(59(68)58(67)60(75-63)62(69)70)74-57(66)51-48-45-42-38-34-21-18-15-12-9-6-3/h8,11,15-20,24-26,30,54,58-61,63,67-68H,4-7,9-10,12-14,21-23,27-29,31-53H2,1-3H3,(H,69,70)/b11-8-,18-15-,19-16-,20-17-,26-24-,30-25-. The second-order valence-corrected chi connectivity index (χ2v) is 20.2. The van der Waals surface area contributed by atoms with Crippen LogP contribution in [0.5, 0.6) is 0 Å². The molecule has 1 saturated heterocycles. The number of carboxylic acid groups (broad SMARTS) is 1. The molecule has 12 nitrogen and oxygen atoms in total. The number of hydrogen-bond acceptors (Lipinski definition) is 11. The summed E-state index contributed by atoms with van der Waals surface area (Å²) in [6.45, 7) is 5.79. The second kappa shape index (κ2) is 50.9. The van der Waals surface area contributed by atoms with Gasteiger partial charge in [0, 0.05) is 19.3 Å². The van der Waals surface area contributed by atoms with Gasteiger partial charge in [-0.15, -0.1) is 0 Å². The van der Waals surface area contributed by atoms with Crippen LogP contribution in [0.4, 0.5) is 0 Å². The van der Waals surface area contributed by atoms with Crippen LogP contribution in [0.3, 0.4) is 0 Å². The third-order valence-corrected chi connectivity index (χ3v) is 13.2. The van der Waals surface area contributed by atoms with Crippen molar-refractivity contribution in [3.05, 3.63) is 72.9 Å². The molecular formula is C63H106O12. The molecule has 0 aromatic rings. The van der Waals surface area contributed by atoms with Crippen LogP contribution in [-0.2, 0) is 42.9 Å². The van der Waals surface area contributed by atoms with Crippen molar-refractivity contribution in [2.75, 3.05) is 13.2 Å². The number of hydrogen-bond donors (Lipinski definition) is 3. The van der Waals surface area contributed by atoms with E-state index in [0.29, 0.717) is 19.3 Å². The van der Waals surface area contributed by atoms with Gasteiger partial charge in [-0.25, -0.2) is 4.79 Å². The first-order valence-electron chi connectivity index (χ1n) is 29.9. The van der Waals surface area contributed by atoms with E-state index in [-0.39, 0.29) is 25.9 Å². The van der Waals surface area contributed by atoms with E-state index in [9.17, 15) is 34.5 Å². The Kier molecular flexibility index (Phi) is 47.0. The first-order chi connectivity index (χ1) is 36.6. The van der Waals surface area contributed by atoms with E-state index in [1.54, 1.807) is 0 Å². The normalized spacial score (nSPS) is 18.7. The smallest absolute Gasteiger partial charge is 0.335 e. The van der Waals surface area contributed by atoms with E-state index in [1.807, 2.05) is 0 Å².